The van der Waals surface area contributed by atoms with E-state index in [1.807, 2.05) is 0 Å². The van der Waals surface area contributed by atoms with Crippen molar-refractivity contribution in [3.63, 3.8) is 0 Å². The molecule has 1 rings (SSSR count). The Labute approximate surface area is 117 Å². The van der Waals surface area contributed by atoms with Crippen molar-refractivity contribution in [3.05, 3.63) is 0 Å². The number of hydrogen-bond donors (Lipinski definition) is 3. The Bertz CT molecular complexity index is 359. The van der Waals surface area contributed by atoms with Gasteiger partial charge in [-0.05, 0) is 12.8 Å². The zero-order chi connectivity index (χ0) is 15.2. The molecule has 0 unspecified atom stereocenters. The van der Waals surface area contributed by atoms with Crippen LogP contribution >= 0.6 is 0 Å². The fraction of sp³-hybridized carbons (Fsp3) is 0.769. The molecule has 0 aromatic carbocycles. The van der Waals surface area contributed by atoms with Gasteiger partial charge < -0.3 is 20.8 Å². The van der Waals surface area contributed by atoms with E-state index >= 15 is 0 Å². The number of nitrogens with zero attached hydrogens (tertiary/aromatic N) is 1. The highest BCUT2D eigenvalue weighted by Gasteiger charge is 2.41. The van der Waals surface area contributed by atoms with Gasteiger partial charge in [0.25, 0.3) is 0 Å². The minimum absolute atomic E-state index is 0.127. The van der Waals surface area contributed by atoms with Crippen LogP contribution in [0.2, 0.25) is 0 Å². The topological polar surface area (TPSA) is 121 Å². The number of carboxylic acids is 2. The van der Waals surface area contributed by atoms with Gasteiger partial charge in [0.2, 0.25) is 5.91 Å². The Kier molecular flexibility index (Phi) is 5.94. The van der Waals surface area contributed by atoms with Gasteiger partial charge in [-0.3, -0.25) is 14.4 Å². The molecular weight excluding hydrogens is 264 g/mol. The van der Waals surface area contributed by atoms with Crippen molar-refractivity contribution in [2.24, 2.45) is 11.1 Å². The summed E-state index contributed by atoms with van der Waals surface area (Å²) in [6.07, 6.45) is 4.95. The molecule has 4 N–H and O–H groups in total. The number of nitrogens with two attached hydrogens (primary N) is 1. The molecule has 0 aromatic rings. The molecule has 1 aliphatic rings. The third-order valence-electron chi connectivity index (χ3n) is 3.84. The molecule has 7 nitrogen and oxygen atoms in total. The Morgan fingerprint density at radius 1 is 0.950 bits per heavy atom. The fourth-order valence-electron chi connectivity index (χ4n) is 2.77. The monoisotopic (exact) mass is 286 g/mol. The molecule has 1 fully saturated rings. The Balaban J connectivity index is 2.93. The Morgan fingerprint density at radius 2 is 1.40 bits per heavy atom. The van der Waals surface area contributed by atoms with E-state index in [4.69, 9.17) is 15.9 Å². The molecule has 1 saturated carbocycles. The lowest BCUT2D eigenvalue weighted by Gasteiger charge is -2.34. The van der Waals surface area contributed by atoms with Crippen molar-refractivity contribution in [3.8, 4) is 0 Å². The lowest BCUT2D eigenvalue weighted by molar-refractivity contribution is -0.154. The van der Waals surface area contributed by atoms with Gasteiger partial charge in [-0.1, -0.05) is 25.7 Å². The van der Waals surface area contributed by atoms with Crippen molar-refractivity contribution in [2.75, 3.05) is 19.6 Å². The average Bonchev–Trinajstić information content (AvgIpc) is 2.62. The molecule has 1 amide bonds. The first kappa shape index (κ1) is 16.4. The summed E-state index contributed by atoms with van der Waals surface area (Å²) in [5, 5.41) is 17.7. The van der Waals surface area contributed by atoms with Gasteiger partial charge in [0, 0.05) is 6.54 Å². The first-order valence-corrected chi connectivity index (χ1v) is 6.84. The lowest BCUT2D eigenvalue weighted by Crippen LogP contribution is -2.51. The highest BCUT2D eigenvalue weighted by molar-refractivity contribution is 5.89. The normalized spacial score (nSPS) is 18.1. The summed E-state index contributed by atoms with van der Waals surface area (Å²) in [7, 11) is 0. The summed E-state index contributed by atoms with van der Waals surface area (Å²) in [6.45, 7) is -1.08. The third kappa shape index (κ3) is 4.19. The van der Waals surface area contributed by atoms with E-state index in [-0.39, 0.29) is 6.54 Å². The first-order chi connectivity index (χ1) is 9.41. The summed E-state index contributed by atoms with van der Waals surface area (Å²) in [5.74, 6) is -2.88. The summed E-state index contributed by atoms with van der Waals surface area (Å²) < 4.78 is 0. The molecule has 0 atom stereocenters. The second-order valence-electron chi connectivity index (χ2n) is 5.35. The van der Waals surface area contributed by atoms with Crippen molar-refractivity contribution < 1.29 is 24.6 Å². The largest absolute Gasteiger partial charge is 0.480 e. The standard InChI is InChI=1S/C13H22N2O5/c14-9-13(5-3-1-2-4-6-13)12(20)15(7-10(16)17)8-11(18)19/h1-9,14H2,(H,16,17)(H,18,19). The molecule has 0 radical (unpaired) electrons. The van der Waals surface area contributed by atoms with Gasteiger partial charge >= 0.3 is 11.9 Å². The van der Waals surface area contributed by atoms with Crippen molar-refractivity contribution in [1.82, 2.24) is 4.90 Å². The summed E-state index contributed by atoms with van der Waals surface area (Å²) in [6, 6.07) is 0. The van der Waals surface area contributed by atoms with Gasteiger partial charge in [0.1, 0.15) is 13.1 Å². The van der Waals surface area contributed by atoms with Gasteiger partial charge in [-0.25, -0.2) is 0 Å². The summed E-state index contributed by atoms with van der Waals surface area (Å²) in [5.41, 5.74) is 4.96. The van der Waals surface area contributed by atoms with E-state index in [0.29, 0.717) is 12.8 Å². The van der Waals surface area contributed by atoms with E-state index in [9.17, 15) is 14.4 Å². The molecule has 0 spiro atoms. The van der Waals surface area contributed by atoms with E-state index in [0.717, 1.165) is 30.6 Å². The van der Waals surface area contributed by atoms with Crippen molar-refractivity contribution >= 4 is 17.8 Å². The predicted molar refractivity (Wildman–Crippen MR) is 71.0 cm³/mol. The van der Waals surface area contributed by atoms with Crippen LogP contribution < -0.4 is 5.73 Å². The lowest BCUT2D eigenvalue weighted by atomic mass is 9.79. The molecule has 0 saturated heterocycles. The first-order valence-electron chi connectivity index (χ1n) is 6.84. The third-order valence-corrected chi connectivity index (χ3v) is 3.84. The highest BCUT2D eigenvalue weighted by Crippen LogP contribution is 2.35. The van der Waals surface area contributed by atoms with E-state index < -0.39 is 36.4 Å². The SMILES string of the molecule is NCC1(C(=O)N(CC(=O)O)CC(=O)O)CCCCCC1. The van der Waals surface area contributed by atoms with E-state index in [1.54, 1.807) is 0 Å². The fourth-order valence-corrected chi connectivity index (χ4v) is 2.77. The zero-order valence-corrected chi connectivity index (χ0v) is 11.5. The maximum atomic E-state index is 12.6. The number of rotatable bonds is 6. The molecular formula is C13H22N2O5. The molecule has 20 heavy (non-hydrogen) atoms. The van der Waals surface area contributed by atoms with E-state index in [2.05, 4.69) is 0 Å². The van der Waals surface area contributed by atoms with Crippen LogP contribution in [0.15, 0.2) is 0 Å². The number of carbonyl (C=O) groups is 3. The van der Waals surface area contributed by atoms with Crippen LogP contribution in [0.1, 0.15) is 38.5 Å². The molecule has 0 aliphatic heterocycles. The minimum atomic E-state index is -1.22. The number of carboxylic acid groups (broad SMARTS) is 2. The second-order valence-corrected chi connectivity index (χ2v) is 5.35. The molecule has 114 valence electrons. The summed E-state index contributed by atoms with van der Waals surface area (Å²) >= 11 is 0. The van der Waals surface area contributed by atoms with Crippen LogP contribution in [0, 0.1) is 5.41 Å². The van der Waals surface area contributed by atoms with E-state index in [1.165, 1.54) is 0 Å². The van der Waals surface area contributed by atoms with Crippen LogP contribution in [0.5, 0.6) is 0 Å². The van der Waals surface area contributed by atoms with Crippen molar-refractivity contribution in [2.45, 2.75) is 38.5 Å². The molecule has 0 aromatic heterocycles. The van der Waals surface area contributed by atoms with Crippen LogP contribution in [-0.2, 0) is 14.4 Å². The quantitative estimate of drug-likeness (QED) is 0.603. The number of amides is 1. The predicted octanol–water partition coefficient (Wildman–Crippen LogP) is 0.283. The molecule has 0 heterocycles. The number of carbonyl (C=O) groups excluding carboxylic acids is 1. The maximum Gasteiger partial charge on any atom is 0.323 e. The number of aliphatic carboxylic acids is 2. The summed E-state index contributed by atoms with van der Waals surface area (Å²) in [4.78, 5) is 35.1. The van der Waals surface area contributed by atoms with Crippen LogP contribution in [-0.4, -0.2) is 52.6 Å². The molecule has 7 heteroatoms. The Hall–Kier alpha value is -1.63. The molecule has 0 bridgehead atoms. The second kappa shape index (κ2) is 7.23. The van der Waals surface area contributed by atoms with Gasteiger partial charge in [0.05, 0.1) is 5.41 Å². The minimum Gasteiger partial charge on any atom is -0.480 e. The van der Waals surface area contributed by atoms with Crippen LogP contribution in [0.3, 0.4) is 0 Å². The van der Waals surface area contributed by atoms with Gasteiger partial charge in [0.15, 0.2) is 0 Å². The van der Waals surface area contributed by atoms with Gasteiger partial charge in [-0.15, -0.1) is 0 Å². The van der Waals surface area contributed by atoms with Crippen LogP contribution in [0.25, 0.3) is 0 Å². The number of hydrogen-bond acceptors (Lipinski definition) is 4. The average molecular weight is 286 g/mol. The van der Waals surface area contributed by atoms with Crippen molar-refractivity contribution in [1.29, 1.82) is 0 Å². The maximum absolute atomic E-state index is 12.6. The smallest absolute Gasteiger partial charge is 0.323 e. The van der Waals surface area contributed by atoms with Crippen LogP contribution in [0.4, 0.5) is 0 Å². The highest BCUT2D eigenvalue weighted by atomic mass is 16.4. The zero-order valence-electron chi connectivity index (χ0n) is 11.5. The Morgan fingerprint density at radius 3 is 1.75 bits per heavy atom. The van der Waals surface area contributed by atoms with Gasteiger partial charge in [-0.2, -0.15) is 0 Å². The molecule has 1 aliphatic carbocycles.